The summed E-state index contributed by atoms with van der Waals surface area (Å²) in [6.45, 7) is 0. The molecule has 5 nitrogen and oxygen atoms in total. The molecule has 0 amide bonds. The van der Waals surface area contributed by atoms with E-state index in [4.69, 9.17) is 27.6 Å². The third-order valence-electron chi connectivity index (χ3n) is 3.20. The summed E-state index contributed by atoms with van der Waals surface area (Å²) < 4.78 is 67.4. The number of hydrogen-bond donors (Lipinski definition) is 1. The number of fused-ring (bicyclic) bond motifs is 1. The molecule has 1 heterocycles. The molecule has 0 radical (unpaired) electrons. The molecular weight excluding hydrogens is 416 g/mol. The largest absolute Gasteiger partial charge is 0.436 e. The van der Waals surface area contributed by atoms with Gasteiger partial charge >= 0.3 is 6.18 Å². The average molecular weight is 425 g/mol. The van der Waals surface area contributed by atoms with E-state index in [-0.39, 0.29) is 22.1 Å². The Kier molecular flexibility index (Phi) is 4.80. The van der Waals surface area contributed by atoms with Gasteiger partial charge in [0.05, 0.1) is 21.3 Å². The Morgan fingerprint density at radius 1 is 1.15 bits per heavy atom. The van der Waals surface area contributed by atoms with Crippen molar-refractivity contribution in [1.29, 1.82) is 0 Å². The molecule has 0 atom stereocenters. The summed E-state index contributed by atoms with van der Waals surface area (Å²) in [5.41, 5.74) is 0.895. The van der Waals surface area contributed by atoms with Gasteiger partial charge in [-0.25, -0.2) is 13.4 Å². The number of nitrogens with one attached hydrogen (secondary N) is 1. The third-order valence-corrected chi connectivity index (χ3v) is 5.27. The molecule has 26 heavy (non-hydrogen) atoms. The predicted molar refractivity (Wildman–Crippen MR) is 92.9 cm³/mol. The number of oxazole rings is 1. The van der Waals surface area contributed by atoms with E-state index in [0.717, 1.165) is 0 Å². The van der Waals surface area contributed by atoms with Crippen LogP contribution in [-0.4, -0.2) is 25.3 Å². The monoisotopic (exact) mass is 424 g/mol. The number of alkyl halides is 3. The van der Waals surface area contributed by atoms with Crippen LogP contribution in [0.3, 0.4) is 0 Å². The Balaban J connectivity index is 1.94. The first-order valence-electron chi connectivity index (χ1n) is 6.96. The van der Waals surface area contributed by atoms with Gasteiger partial charge in [-0.15, -0.1) is 0 Å². The molecule has 0 aliphatic carbocycles. The zero-order valence-electron chi connectivity index (χ0n) is 12.6. The standard InChI is InChI=1S/C15H9Cl2F3N2O3S/c16-10-3-1-2-9(13(10)17)14-21-11-6-8(4-5-12(11)25-14)22-26(23,24)7-15(18,19)20/h1-6,22H,7H2. The van der Waals surface area contributed by atoms with Crippen LogP contribution in [0.2, 0.25) is 10.0 Å². The fourth-order valence-electron chi connectivity index (χ4n) is 2.21. The Hall–Kier alpha value is -1.97. The van der Waals surface area contributed by atoms with Crippen LogP contribution < -0.4 is 4.72 Å². The molecule has 11 heteroatoms. The average Bonchev–Trinajstić information content (AvgIpc) is 2.89. The second-order valence-electron chi connectivity index (χ2n) is 5.28. The van der Waals surface area contributed by atoms with Crippen LogP contribution in [0, 0.1) is 0 Å². The Morgan fingerprint density at radius 2 is 1.88 bits per heavy atom. The van der Waals surface area contributed by atoms with Crippen LogP contribution in [0.5, 0.6) is 0 Å². The maximum Gasteiger partial charge on any atom is 0.404 e. The van der Waals surface area contributed by atoms with Crippen molar-refractivity contribution in [3.05, 3.63) is 46.4 Å². The second kappa shape index (κ2) is 6.64. The molecule has 0 fully saturated rings. The minimum atomic E-state index is -4.85. The van der Waals surface area contributed by atoms with Gasteiger partial charge in [0.1, 0.15) is 5.52 Å². The van der Waals surface area contributed by atoms with Gasteiger partial charge in [-0.3, -0.25) is 4.72 Å². The molecular formula is C15H9Cl2F3N2O3S. The van der Waals surface area contributed by atoms with Crippen molar-refractivity contribution < 1.29 is 26.0 Å². The number of aromatic nitrogens is 1. The van der Waals surface area contributed by atoms with E-state index in [9.17, 15) is 21.6 Å². The van der Waals surface area contributed by atoms with Gasteiger partial charge in [0, 0.05) is 0 Å². The number of rotatable bonds is 4. The highest BCUT2D eigenvalue weighted by atomic mass is 35.5. The number of sulfonamides is 1. The first kappa shape index (κ1) is 18.8. The zero-order valence-corrected chi connectivity index (χ0v) is 15.0. The summed E-state index contributed by atoms with van der Waals surface area (Å²) in [6, 6.07) is 8.78. The lowest BCUT2D eigenvalue weighted by Gasteiger charge is -2.09. The fourth-order valence-corrected chi connectivity index (χ4v) is 3.58. The van der Waals surface area contributed by atoms with Crippen molar-refractivity contribution in [3.63, 3.8) is 0 Å². The number of benzene rings is 2. The third kappa shape index (κ3) is 4.22. The van der Waals surface area contributed by atoms with Crippen molar-refractivity contribution in [2.24, 2.45) is 0 Å². The molecule has 0 bridgehead atoms. The molecule has 138 valence electrons. The maximum atomic E-state index is 12.3. The minimum absolute atomic E-state index is 0.0706. The molecule has 3 rings (SSSR count). The van der Waals surface area contributed by atoms with Gasteiger partial charge in [-0.2, -0.15) is 13.2 Å². The first-order chi connectivity index (χ1) is 12.0. The van der Waals surface area contributed by atoms with E-state index >= 15 is 0 Å². The van der Waals surface area contributed by atoms with E-state index in [1.165, 1.54) is 18.2 Å². The van der Waals surface area contributed by atoms with Gasteiger partial charge in [0.25, 0.3) is 0 Å². The highest BCUT2D eigenvalue weighted by Crippen LogP contribution is 2.35. The van der Waals surface area contributed by atoms with E-state index in [0.29, 0.717) is 16.2 Å². The summed E-state index contributed by atoms with van der Waals surface area (Å²) in [5.74, 6) is -1.84. The molecule has 1 aromatic heterocycles. The summed E-state index contributed by atoms with van der Waals surface area (Å²) in [7, 11) is -4.59. The van der Waals surface area contributed by atoms with E-state index in [2.05, 4.69) is 4.98 Å². The second-order valence-corrected chi connectivity index (χ2v) is 7.79. The van der Waals surface area contributed by atoms with Gasteiger partial charge in [-0.1, -0.05) is 29.3 Å². The minimum Gasteiger partial charge on any atom is -0.436 e. The maximum absolute atomic E-state index is 12.3. The van der Waals surface area contributed by atoms with Gasteiger partial charge < -0.3 is 4.42 Å². The number of halogens is 5. The molecule has 3 aromatic rings. The first-order valence-corrected chi connectivity index (χ1v) is 9.37. The number of anilines is 1. The Bertz CT molecular complexity index is 1080. The van der Waals surface area contributed by atoms with E-state index in [1.807, 2.05) is 4.72 Å². The van der Waals surface area contributed by atoms with Crippen LogP contribution in [0.15, 0.2) is 40.8 Å². The number of hydrogen-bond acceptors (Lipinski definition) is 4. The topological polar surface area (TPSA) is 72.2 Å². The molecule has 0 aliphatic rings. The molecule has 0 aliphatic heterocycles. The molecule has 0 saturated carbocycles. The lowest BCUT2D eigenvalue weighted by molar-refractivity contribution is -0.106. The quantitative estimate of drug-likeness (QED) is 0.631. The fraction of sp³-hybridized carbons (Fsp3) is 0.133. The highest BCUT2D eigenvalue weighted by molar-refractivity contribution is 7.92. The van der Waals surface area contributed by atoms with Crippen molar-refractivity contribution in [1.82, 2.24) is 4.98 Å². The Labute approximate surface area is 155 Å². The predicted octanol–water partition coefficient (Wildman–Crippen LogP) is 5.11. The lowest BCUT2D eigenvalue weighted by Crippen LogP contribution is -2.27. The van der Waals surface area contributed by atoms with E-state index in [1.54, 1.807) is 18.2 Å². The summed E-state index contributed by atoms with van der Waals surface area (Å²) in [6.07, 6.45) is -4.85. The lowest BCUT2D eigenvalue weighted by atomic mass is 10.2. The van der Waals surface area contributed by atoms with Crippen LogP contribution in [0.1, 0.15) is 0 Å². The zero-order chi connectivity index (χ0) is 19.1. The molecule has 2 aromatic carbocycles. The van der Waals surface area contributed by atoms with Gasteiger partial charge in [-0.05, 0) is 30.3 Å². The smallest absolute Gasteiger partial charge is 0.404 e. The Morgan fingerprint density at radius 3 is 2.58 bits per heavy atom. The van der Waals surface area contributed by atoms with Gasteiger partial charge in [0.2, 0.25) is 15.9 Å². The van der Waals surface area contributed by atoms with Crippen LogP contribution >= 0.6 is 23.2 Å². The van der Waals surface area contributed by atoms with E-state index < -0.39 is 22.0 Å². The van der Waals surface area contributed by atoms with Crippen molar-refractivity contribution in [3.8, 4) is 11.5 Å². The molecule has 1 N–H and O–H groups in total. The van der Waals surface area contributed by atoms with Crippen molar-refractivity contribution >= 4 is 50.0 Å². The summed E-state index contributed by atoms with van der Waals surface area (Å²) in [4.78, 5) is 4.18. The molecule has 0 spiro atoms. The van der Waals surface area contributed by atoms with Crippen LogP contribution in [0.4, 0.5) is 18.9 Å². The SMILES string of the molecule is O=S(=O)(CC(F)(F)F)Nc1ccc2oc(-c3cccc(Cl)c3Cl)nc2c1. The molecule has 0 unspecified atom stereocenters. The summed E-state index contributed by atoms with van der Waals surface area (Å²) in [5, 5.41) is 0.527. The summed E-state index contributed by atoms with van der Waals surface area (Å²) >= 11 is 12.0. The van der Waals surface area contributed by atoms with Crippen LogP contribution in [0.25, 0.3) is 22.6 Å². The van der Waals surface area contributed by atoms with Crippen molar-refractivity contribution in [2.75, 3.05) is 10.5 Å². The van der Waals surface area contributed by atoms with Crippen molar-refractivity contribution in [2.45, 2.75) is 6.18 Å². The highest BCUT2D eigenvalue weighted by Gasteiger charge is 2.35. The van der Waals surface area contributed by atoms with Gasteiger partial charge in [0.15, 0.2) is 11.3 Å². The molecule has 0 saturated heterocycles. The van der Waals surface area contributed by atoms with Crippen LogP contribution in [-0.2, 0) is 10.0 Å². The normalized spacial score (nSPS) is 12.5. The number of nitrogens with zero attached hydrogens (tertiary/aromatic N) is 1.